The number of likely N-dealkylation sites (tertiary alicyclic amines) is 1. The summed E-state index contributed by atoms with van der Waals surface area (Å²) in [6, 6.07) is 0.0219. The first kappa shape index (κ1) is 15.1. The van der Waals surface area contributed by atoms with E-state index in [1.165, 1.54) is 0 Å². The largest absolute Gasteiger partial charge is 0.327 e. The molecule has 0 bridgehead atoms. The van der Waals surface area contributed by atoms with E-state index in [2.05, 4.69) is 6.92 Å². The van der Waals surface area contributed by atoms with Crippen LogP contribution in [0.4, 0.5) is 0 Å². The van der Waals surface area contributed by atoms with E-state index in [9.17, 15) is 9.59 Å². The summed E-state index contributed by atoms with van der Waals surface area (Å²) >= 11 is 0. The van der Waals surface area contributed by atoms with Crippen molar-refractivity contribution in [3.05, 3.63) is 0 Å². The van der Waals surface area contributed by atoms with Crippen molar-refractivity contribution >= 4 is 11.7 Å². The van der Waals surface area contributed by atoms with Crippen molar-refractivity contribution in [2.24, 2.45) is 0 Å². The highest BCUT2D eigenvalue weighted by Gasteiger charge is 2.36. The SMILES string of the molecule is CCC(C)O[N+](C)(C)CCN1C(=O)C(=O)CC1C. The number of Topliss-reactive ketones (excluding diaryl/α,β-unsaturated/α-hetero) is 1. The highest BCUT2D eigenvalue weighted by molar-refractivity contribution is 6.38. The Balaban J connectivity index is 2.49. The maximum atomic E-state index is 11.6. The zero-order valence-electron chi connectivity index (χ0n) is 12.1. The lowest BCUT2D eigenvalue weighted by atomic mass is 10.2. The lowest BCUT2D eigenvalue weighted by molar-refractivity contribution is -1.08. The van der Waals surface area contributed by atoms with E-state index < -0.39 is 0 Å². The van der Waals surface area contributed by atoms with E-state index in [1.54, 1.807) is 4.90 Å². The van der Waals surface area contributed by atoms with Crippen LogP contribution in [0.2, 0.25) is 0 Å². The average Bonchev–Trinajstić information content (AvgIpc) is 2.50. The van der Waals surface area contributed by atoms with E-state index >= 15 is 0 Å². The summed E-state index contributed by atoms with van der Waals surface area (Å²) in [7, 11) is 3.94. The number of ketones is 1. The highest BCUT2D eigenvalue weighted by Crippen LogP contribution is 2.16. The van der Waals surface area contributed by atoms with Gasteiger partial charge in [0, 0.05) is 12.5 Å². The van der Waals surface area contributed by atoms with E-state index in [-0.39, 0.29) is 23.8 Å². The van der Waals surface area contributed by atoms with Crippen molar-refractivity contribution in [1.29, 1.82) is 0 Å². The number of carbonyl (C=O) groups is 2. The van der Waals surface area contributed by atoms with Gasteiger partial charge in [-0.25, -0.2) is 4.84 Å². The van der Waals surface area contributed by atoms with Crippen LogP contribution in [-0.2, 0) is 14.4 Å². The molecule has 1 amide bonds. The molecule has 0 N–H and O–H groups in total. The summed E-state index contributed by atoms with van der Waals surface area (Å²) < 4.78 is 0.402. The Labute approximate surface area is 109 Å². The molecule has 1 aliphatic heterocycles. The molecule has 0 aromatic rings. The van der Waals surface area contributed by atoms with Crippen LogP contribution in [0.15, 0.2) is 0 Å². The van der Waals surface area contributed by atoms with Crippen molar-refractivity contribution < 1.29 is 19.1 Å². The van der Waals surface area contributed by atoms with Gasteiger partial charge in [0.1, 0.15) is 12.6 Å². The minimum absolute atomic E-state index is 0.0219. The number of hydrogen-bond acceptors (Lipinski definition) is 3. The number of quaternary nitrogens is 1. The fourth-order valence-electron chi connectivity index (χ4n) is 2.11. The van der Waals surface area contributed by atoms with Gasteiger partial charge in [0.15, 0.2) is 0 Å². The number of likely N-dealkylation sites (N-methyl/N-ethyl adjacent to an activating group) is 1. The summed E-state index contributed by atoms with van der Waals surface area (Å²) in [5, 5.41) is 0. The second-order valence-corrected chi connectivity index (χ2v) is 5.60. The summed E-state index contributed by atoms with van der Waals surface area (Å²) in [6.45, 7) is 7.28. The summed E-state index contributed by atoms with van der Waals surface area (Å²) in [6.07, 6.45) is 1.49. The van der Waals surface area contributed by atoms with E-state index in [4.69, 9.17) is 4.84 Å². The van der Waals surface area contributed by atoms with Crippen LogP contribution in [-0.4, -0.2) is 60.6 Å². The molecule has 0 radical (unpaired) electrons. The number of carbonyl (C=O) groups excluding carboxylic acids is 2. The van der Waals surface area contributed by atoms with Gasteiger partial charge in [-0.15, -0.1) is 0 Å². The van der Waals surface area contributed by atoms with Crippen LogP contribution < -0.4 is 0 Å². The van der Waals surface area contributed by atoms with Crippen molar-refractivity contribution in [1.82, 2.24) is 4.90 Å². The maximum absolute atomic E-state index is 11.6. The Hall–Kier alpha value is -0.940. The molecule has 18 heavy (non-hydrogen) atoms. The molecule has 1 heterocycles. The monoisotopic (exact) mass is 257 g/mol. The van der Waals surface area contributed by atoms with Gasteiger partial charge in [-0.05, 0) is 20.3 Å². The molecule has 0 aromatic heterocycles. The summed E-state index contributed by atoms with van der Waals surface area (Å²) in [5.41, 5.74) is 0. The third-order valence-corrected chi connectivity index (χ3v) is 3.43. The molecule has 0 aliphatic carbocycles. The fraction of sp³-hybridized carbons (Fsp3) is 0.846. The van der Waals surface area contributed by atoms with Crippen LogP contribution in [0.1, 0.15) is 33.6 Å². The Morgan fingerprint density at radius 3 is 2.50 bits per heavy atom. The van der Waals surface area contributed by atoms with Gasteiger partial charge < -0.3 is 4.90 Å². The topological polar surface area (TPSA) is 46.6 Å². The quantitative estimate of drug-likeness (QED) is 0.405. The number of amides is 1. The number of nitrogens with zero attached hydrogens (tertiary/aromatic N) is 2. The summed E-state index contributed by atoms with van der Waals surface area (Å²) in [4.78, 5) is 30.5. The molecule has 104 valence electrons. The van der Waals surface area contributed by atoms with Crippen molar-refractivity contribution in [2.45, 2.75) is 45.8 Å². The molecule has 0 spiro atoms. The molecule has 2 atom stereocenters. The van der Waals surface area contributed by atoms with Gasteiger partial charge in [-0.2, -0.15) is 4.65 Å². The fourth-order valence-corrected chi connectivity index (χ4v) is 2.11. The molecular formula is C13H25N2O3+. The van der Waals surface area contributed by atoms with Gasteiger partial charge in [0.25, 0.3) is 5.91 Å². The Morgan fingerprint density at radius 2 is 2.06 bits per heavy atom. The molecular weight excluding hydrogens is 232 g/mol. The van der Waals surface area contributed by atoms with E-state index in [0.717, 1.165) is 6.42 Å². The molecule has 5 heteroatoms. The maximum Gasteiger partial charge on any atom is 0.290 e. The van der Waals surface area contributed by atoms with Crippen molar-refractivity contribution in [3.8, 4) is 0 Å². The van der Waals surface area contributed by atoms with Gasteiger partial charge in [-0.3, -0.25) is 9.59 Å². The smallest absolute Gasteiger partial charge is 0.290 e. The second kappa shape index (κ2) is 5.80. The molecule has 5 nitrogen and oxygen atoms in total. The zero-order valence-corrected chi connectivity index (χ0v) is 12.1. The first-order chi connectivity index (χ1) is 8.26. The lowest BCUT2D eigenvalue weighted by Crippen LogP contribution is -2.48. The van der Waals surface area contributed by atoms with Gasteiger partial charge in [0.05, 0.1) is 20.6 Å². The molecule has 2 unspecified atom stereocenters. The number of rotatable bonds is 6. The predicted molar refractivity (Wildman–Crippen MR) is 68.6 cm³/mol. The van der Waals surface area contributed by atoms with Crippen LogP contribution in [0.5, 0.6) is 0 Å². The van der Waals surface area contributed by atoms with Gasteiger partial charge in [-0.1, -0.05) is 6.92 Å². The lowest BCUT2D eigenvalue weighted by Gasteiger charge is -2.32. The highest BCUT2D eigenvalue weighted by atomic mass is 16.7. The van der Waals surface area contributed by atoms with E-state index in [0.29, 0.717) is 24.2 Å². The molecule has 1 saturated heterocycles. The molecule has 0 saturated carbocycles. The second-order valence-electron chi connectivity index (χ2n) is 5.60. The van der Waals surface area contributed by atoms with Gasteiger partial charge >= 0.3 is 0 Å². The molecule has 0 aromatic carbocycles. The Bertz CT molecular complexity index is 328. The molecule has 1 rings (SSSR count). The summed E-state index contributed by atoms with van der Waals surface area (Å²) in [5.74, 6) is -0.610. The average molecular weight is 257 g/mol. The van der Waals surface area contributed by atoms with Crippen molar-refractivity contribution in [3.63, 3.8) is 0 Å². The molecule has 1 fully saturated rings. The van der Waals surface area contributed by atoms with E-state index in [1.807, 2.05) is 27.9 Å². The minimum Gasteiger partial charge on any atom is -0.327 e. The van der Waals surface area contributed by atoms with Crippen molar-refractivity contribution in [2.75, 3.05) is 27.2 Å². The van der Waals surface area contributed by atoms with Crippen LogP contribution in [0.25, 0.3) is 0 Å². The number of hydroxylamine groups is 3. The van der Waals surface area contributed by atoms with Gasteiger partial charge in [0.2, 0.25) is 5.78 Å². The van der Waals surface area contributed by atoms with Crippen LogP contribution in [0, 0.1) is 0 Å². The number of hydrogen-bond donors (Lipinski definition) is 0. The third-order valence-electron chi connectivity index (χ3n) is 3.43. The van der Waals surface area contributed by atoms with Crippen LogP contribution in [0.3, 0.4) is 0 Å². The minimum atomic E-state index is -0.342. The first-order valence-corrected chi connectivity index (χ1v) is 6.62. The normalized spacial score (nSPS) is 22.7. The Morgan fingerprint density at radius 1 is 1.44 bits per heavy atom. The third kappa shape index (κ3) is 3.78. The molecule has 1 aliphatic rings. The van der Waals surface area contributed by atoms with Crippen LogP contribution >= 0.6 is 0 Å². The standard InChI is InChI=1S/C13H25N2O3/c1-6-11(3)18-15(4,5)8-7-14-10(2)9-12(16)13(14)17/h10-11H,6-9H2,1-5H3/q+1. The Kier molecular flexibility index (Phi) is 4.87. The first-order valence-electron chi connectivity index (χ1n) is 6.62. The predicted octanol–water partition coefficient (Wildman–Crippen LogP) is 0.983. The zero-order chi connectivity index (χ0) is 13.9.